The number of amides is 2. The van der Waals surface area contributed by atoms with E-state index in [4.69, 9.17) is 5.11 Å². The van der Waals surface area contributed by atoms with Gasteiger partial charge in [-0.2, -0.15) is 0 Å². The molecule has 0 radical (unpaired) electrons. The van der Waals surface area contributed by atoms with E-state index in [2.05, 4.69) is 5.43 Å². The summed E-state index contributed by atoms with van der Waals surface area (Å²) in [5.41, 5.74) is 4.06. The number of nitrogens with one attached hydrogen (secondary N) is 1. The van der Waals surface area contributed by atoms with E-state index in [1.165, 1.54) is 5.01 Å². The monoisotopic (exact) mass is 302 g/mol. The number of hydrogen-bond donors (Lipinski definition) is 2. The van der Waals surface area contributed by atoms with Crippen molar-refractivity contribution < 1.29 is 19.5 Å². The van der Waals surface area contributed by atoms with Crippen molar-refractivity contribution in [2.75, 3.05) is 0 Å². The van der Waals surface area contributed by atoms with Crippen molar-refractivity contribution in [2.45, 2.75) is 32.2 Å². The minimum Gasteiger partial charge on any atom is -0.481 e. The van der Waals surface area contributed by atoms with Crippen molar-refractivity contribution in [2.24, 2.45) is 11.8 Å². The molecule has 1 aromatic rings. The first-order valence-electron chi connectivity index (χ1n) is 7.49. The molecule has 0 unspecified atom stereocenters. The highest BCUT2D eigenvalue weighted by molar-refractivity contribution is 5.98. The van der Waals surface area contributed by atoms with Crippen LogP contribution in [-0.2, 0) is 16.1 Å². The van der Waals surface area contributed by atoms with Gasteiger partial charge in [0.2, 0.25) is 5.91 Å². The number of aliphatic carboxylic acids is 1. The Hall–Kier alpha value is -2.37. The Kier molecular flexibility index (Phi) is 3.83. The Bertz CT molecular complexity index is 620. The normalized spacial score (nSPS) is 24.4. The van der Waals surface area contributed by atoms with Crippen LogP contribution in [0.5, 0.6) is 0 Å². The summed E-state index contributed by atoms with van der Waals surface area (Å²) in [6.07, 6.45) is 2.15. The molecule has 0 saturated heterocycles. The Balaban J connectivity index is 1.67. The SMILES string of the molecule is O=C1NN(C(=O)C2CCC(C(=O)O)CC2)Cc2ccccc21. The maximum atomic E-state index is 12.5. The molecule has 0 spiro atoms. The number of hydrogen-bond acceptors (Lipinski definition) is 3. The first-order chi connectivity index (χ1) is 10.6. The molecule has 2 aliphatic rings. The molecule has 6 heteroatoms. The number of fused-ring (bicyclic) bond motifs is 1. The average Bonchev–Trinajstić information content (AvgIpc) is 2.54. The molecule has 1 aliphatic carbocycles. The summed E-state index contributed by atoms with van der Waals surface area (Å²) < 4.78 is 0. The van der Waals surface area contributed by atoms with E-state index in [0.29, 0.717) is 37.8 Å². The van der Waals surface area contributed by atoms with Gasteiger partial charge in [-0.3, -0.25) is 19.8 Å². The predicted octanol–water partition coefficient (Wildman–Crippen LogP) is 1.56. The number of nitrogens with zero attached hydrogens (tertiary/aromatic N) is 1. The van der Waals surface area contributed by atoms with Crippen molar-refractivity contribution in [3.05, 3.63) is 35.4 Å². The summed E-state index contributed by atoms with van der Waals surface area (Å²) in [5.74, 6) is -1.73. The molecule has 0 atom stereocenters. The maximum absolute atomic E-state index is 12.5. The fraction of sp³-hybridized carbons (Fsp3) is 0.438. The molecule has 116 valence electrons. The second kappa shape index (κ2) is 5.79. The molecule has 1 fully saturated rings. The summed E-state index contributed by atoms with van der Waals surface area (Å²) in [7, 11) is 0. The molecule has 0 bridgehead atoms. The van der Waals surface area contributed by atoms with Gasteiger partial charge in [-0.1, -0.05) is 18.2 Å². The number of carboxylic acids is 1. The molecule has 1 heterocycles. The molecule has 0 aromatic heterocycles. The number of carbonyl (C=O) groups excluding carboxylic acids is 2. The van der Waals surface area contributed by atoms with Gasteiger partial charge in [-0.15, -0.1) is 0 Å². The summed E-state index contributed by atoms with van der Waals surface area (Å²) in [6.45, 7) is 0.361. The Morgan fingerprint density at radius 2 is 1.73 bits per heavy atom. The van der Waals surface area contributed by atoms with Crippen LogP contribution in [0.1, 0.15) is 41.6 Å². The van der Waals surface area contributed by atoms with Crippen LogP contribution in [0.15, 0.2) is 24.3 Å². The minimum absolute atomic E-state index is 0.119. The topological polar surface area (TPSA) is 86.7 Å². The van der Waals surface area contributed by atoms with Crippen LogP contribution in [-0.4, -0.2) is 27.9 Å². The van der Waals surface area contributed by atoms with Gasteiger partial charge in [0.1, 0.15) is 0 Å². The van der Waals surface area contributed by atoms with E-state index in [1.54, 1.807) is 12.1 Å². The largest absolute Gasteiger partial charge is 0.481 e. The summed E-state index contributed by atoms with van der Waals surface area (Å²) in [4.78, 5) is 35.6. The highest BCUT2D eigenvalue weighted by atomic mass is 16.4. The van der Waals surface area contributed by atoms with Crippen LogP contribution >= 0.6 is 0 Å². The number of carbonyl (C=O) groups is 3. The van der Waals surface area contributed by atoms with Gasteiger partial charge in [-0.05, 0) is 37.3 Å². The van der Waals surface area contributed by atoms with Crippen LogP contribution in [0.3, 0.4) is 0 Å². The van der Waals surface area contributed by atoms with Crippen LogP contribution < -0.4 is 5.43 Å². The molecule has 2 amide bonds. The van der Waals surface area contributed by atoms with E-state index < -0.39 is 5.97 Å². The van der Waals surface area contributed by atoms with Crippen molar-refractivity contribution >= 4 is 17.8 Å². The zero-order valence-electron chi connectivity index (χ0n) is 12.1. The number of hydrazine groups is 1. The molecule has 1 saturated carbocycles. The molecule has 2 N–H and O–H groups in total. The predicted molar refractivity (Wildman–Crippen MR) is 77.5 cm³/mol. The lowest BCUT2D eigenvalue weighted by atomic mass is 9.81. The van der Waals surface area contributed by atoms with Gasteiger partial charge < -0.3 is 5.11 Å². The third-order valence-electron chi connectivity index (χ3n) is 4.52. The first-order valence-corrected chi connectivity index (χ1v) is 7.49. The zero-order valence-corrected chi connectivity index (χ0v) is 12.1. The van der Waals surface area contributed by atoms with Crippen molar-refractivity contribution in [3.63, 3.8) is 0 Å². The Morgan fingerprint density at radius 1 is 1.09 bits per heavy atom. The van der Waals surface area contributed by atoms with Crippen LogP contribution in [0, 0.1) is 11.8 Å². The lowest BCUT2D eigenvalue weighted by Gasteiger charge is -2.33. The highest BCUT2D eigenvalue weighted by Gasteiger charge is 2.34. The number of rotatable bonds is 2. The van der Waals surface area contributed by atoms with E-state index in [-0.39, 0.29) is 23.7 Å². The smallest absolute Gasteiger partial charge is 0.306 e. The second-order valence-electron chi connectivity index (χ2n) is 5.91. The molecule has 22 heavy (non-hydrogen) atoms. The Morgan fingerprint density at radius 3 is 2.41 bits per heavy atom. The van der Waals surface area contributed by atoms with Gasteiger partial charge >= 0.3 is 5.97 Å². The summed E-state index contributed by atoms with van der Waals surface area (Å²) in [5, 5.41) is 10.4. The summed E-state index contributed by atoms with van der Waals surface area (Å²) >= 11 is 0. The summed E-state index contributed by atoms with van der Waals surface area (Å²) in [6, 6.07) is 7.22. The fourth-order valence-corrected chi connectivity index (χ4v) is 3.21. The molecular formula is C16H18N2O4. The maximum Gasteiger partial charge on any atom is 0.306 e. The fourth-order valence-electron chi connectivity index (χ4n) is 3.21. The van der Waals surface area contributed by atoms with E-state index in [9.17, 15) is 14.4 Å². The van der Waals surface area contributed by atoms with E-state index in [0.717, 1.165) is 5.56 Å². The van der Waals surface area contributed by atoms with Gasteiger partial charge in [-0.25, -0.2) is 5.01 Å². The molecule has 1 aliphatic heterocycles. The van der Waals surface area contributed by atoms with Crippen LogP contribution in [0.4, 0.5) is 0 Å². The van der Waals surface area contributed by atoms with Crippen molar-refractivity contribution in [3.8, 4) is 0 Å². The molecule has 3 rings (SSSR count). The van der Waals surface area contributed by atoms with E-state index >= 15 is 0 Å². The quantitative estimate of drug-likeness (QED) is 0.868. The van der Waals surface area contributed by atoms with Gasteiger partial charge in [0.05, 0.1) is 12.5 Å². The van der Waals surface area contributed by atoms with Gasteiger partial charge in [0.15, 0.2) is 0 Å². The zero-order chi connectivity index (χ0) is 15.7. The number of benzene rings is 1. The second-order valence-corrected chi connectivity index (χ2v) is 5.91. The molecule has 1 aromatic carbocycles. The van der Waals surface area contributed by atoms with Gasteiger partial charge in [0, 0.05) is 11.5 Å². The average molecular weight is 302 g/mol. The first kappa shape index (κ1) is 14.6. The van der Waals surface area contributed by atoms with Crippen molar-refractivity contribution in [1.82, 2.24) is 10.4 Å². The Labute approximate surface area is 128 Å². The third kappa shape index (κ3) is 2.68. The number of carboxylic acid groups (broad SMARTS) is 1. The van der Waals surface area contributed by atoms with E-state index in [1.807, 2.05) is 12.1 Å². The highest BCUT2D eigenvalue weighted by Crippen LogP contribution is 2.31. The van der Waals surface area contributed by atoms with Crippen LogP contribution in [0.2, 0.25) is 0 Å². The van der Waals surface area contributed by atoms with Crippen LogP contribution in [0.25, 0.3) is 0 Å². The molecule has 6 nitrogen and oxygen atoms in total. The standard InChI is InChI=1S/C16H18N2O4/c19-14-13-4-2-1-3-12(13)9-18(17-14)15(20)10-5-7-11(8-6-10)16(21)22/h1-4,10-11H,5-9H2,(H,17,19)(H,21,22). The lowest BCUT2D eigenvalue weighted by molar-refractivity contribution is -0.146. The third-order valence-corrected chi connectivity index (χ3v) is 4.52. The van der Waals surface area contributed by atoms with Crippen molar-refractivity contribution in [1.29, 1.82) is 0 Å². The minimum atomic E-state index is -0.786. The molecular weight excluding hydrogens is 284 g/mol. The van der Waals surface area contributed by atoms with Gasteiger partial charge in [0.25, 0.3) is 5.91 Å². The lowest BCUT2D eigenvalue weighted by Crippen LogP contribution is -2.51.